The van der Waals surface area contributed by atoms with Gasteiger partial charge in [-0.1, -0.05) is 26.3 Å². The van der Waals surface area contributed by atoms with E-state index in [0.29, 0.717) is 12.0 Å². The number of carbonyl (C=O) groups excluding carboxylic acids is 5. The van der Waals surface area contributed by atoms with E-state index in [1.165, 1.54) is 6.08 Å². The summed E-state index contributed by atoms with van der Waals surface area (Å²) in [7, 11) is 0. The average Bonchev–Trinajstić information content (AvgIpc) is 3.03. The van der Waals surface area contributed by atoms with E-state index in [4.69, 9.17) is 23.7 Å². The van der Waals surface area contributed by atoms with Crippen LogP contribution in [0.1, 0.15) is 81.1 Å². The number of aliphatic hydroxyl groups excluding tert-OH is 1. The van der Waals surface area contributed by atoms with Crippen molar-refractivity contribution in [3.05, 3.63) is 11.6 Å². The van der Waals surface area contributed by atoms with Crippen LogP contribution in [0.2, 0.25) is 0 Å². The summed E-state index contributed by atoms with van der Waals surface area (Å²) in [4.78, 5) is 63.7. The molecular formula is C30H44O13. The number of carbonyl (C=O) groups is 5. The third kappa shape index (κ3) is 6.16. The number of hydrogen-bond donors (Lipinski definition) is 3. The van der Waals surface area contributed by atoms with Crippen LogP contribution < -0.4 is 0 Å². The molecule has 11 unspecified atom stereocenters. The van der Waals surface area contributed by atoms with E-state index in [1.54, 1.807) is 27.7 Å². The SMILES string of the molecule is CCCC(=O)OC1CC(C)=CC2OC(=O)C(C)(O)C2(O)C(OC(C)=O)C2C(C)C(O)CC(OC(C)=O)C2(C)C1OC(C)=O. The molecule has 0 aromatic rings. The quantitative estimate of drug-likeness (QED) is 0.221. The molecule has 11 atom stereocenters. The van der Waals surface area contributed by atoms with Gasteiger partial charge in [0, 0.05) is 46.0 Å². The van der Waals surface area contributed by atoms with Crippen LogP contribution in [0.5, 0.6) is 0 Å². The predicted octanol–water partition coefficient (Wildman–Crippen LogP) is 1.27. The van der Waals surface area contributed by atoms with Gasteiger partial charge in [0.15, 0.2) is 17.3 Å². The molecule has 3 rings (SSSR count). The monoisotopic (exact) mass is 612 g/mol. The Labute approximate surface area is 250 Å². The molecule has 1 saturated heterocycles. The zero-order chi connectivity index (χ0) is 32.7. The van der Waals surface area contributed by atoms with Crippen LogP contribution in [0, 0.1) is 17.3 Å². The summed E-state index contributed by atoms with van der Waals surface area (Å²) in [6.07, 6.45) is -6.77. The summed E-state index contributed by atoms with van der Waals surface area (Å²) in [5.74, 6) is -6.39. The Morgan fingerprint density at radius 2 is 1.53 bits per heavy atom. The van der Waals surface area contributed by atoms with Crippen molar-refractivity contribution in [2.45, 2.75) is 129 Å². The van der Waals surface area contributed by atoms with Crippen molar-refractivity contribution in [2.24, 2.45) is 17.3 Å². The van der Waals surface area contributed by atoms with Crippen molar-refractivity contribution < 1.29 is 63.0 Å². The van der Waals surface area contributed by atoms with Crippen LogP contribution in [0.15, 0.2) is 11.6 Å². The fraction of sp³-hybridized carbons (Fsp3) is 0.767. The van der Waals surface area contributed by atoms with Gasteiger partial charge < -0.3 is 39.0 Å². The van der Waals surface area contributed by atoms with E-state index in [9.17, 15) is 39.3 Å². The van der Waals surface area contributed by atoms with E-state index >= 15 is 0 Å². The van der Waals surface area contributed by atoms with Gasteiger partial charge in [-0.05, 0) is 32.3 Å². The maximum absolute atomic E-state index is 13.0. The van der Waals surface area contributed by atoms with Crippen LogP contribution in [-0.4, -0.2) is 93.0 Å². The van der Waals surface area contributed by atoms with Crippen molar-refractivity contribution in [1.82, 2.24) is 0 Å². The first kappa shape index (κ1) is 34.5. The molecule has 0 bridgehead atoms. The van der Waals surface area contributed by atoms with E-state index in [-0.39, 0.29) is 19.3 Å². The van der Waals surface area contributed by atoms with Crippen LogP contribution in [0.3, 0.4) is 0 Å². The molecule has 13 nitrogen and oxygen atoms in total. The number of esters is 5. The molecule has 43 heavy (non-hydrogen) atoms. The van der Waals surface area contributed by atoms with Crippen molar-refractivity contribution in [3.63, 3.8) is 0 Å². The summed E-state index contributed by atoms with van der Waals surface area (Å²) in [5, 5.41) is 35.2. The van der Waals surface area contributed by atoms with Gasteiger partial charge in [0.05, 0.1) is 11.5 Å². The highest BCUT2D eigenvalue weighted by Gasteiger charge is 2.74. The third-order valence-electron chi connectivity index (χ3n) is 9.19. The maximum atomic E-state index is 13.0. The number of ether oxygens (including phenoxy) is 5. The number of aliphatic hydroxyl groups is 3. The van der Waals surface area contributed by atoms with Crippen molar-refractivity contribution in [2.75, 3.05) is 0 Å². The lowest BCUT2D eigenvalue weighted by Gasteiger charge is -2.59. The van der Waals surface area contributed by atoms with Crippen LogP contribution in [0.25, 0.3) is 0 Å². The minimum Gasteiger partial charge on any atom is -0.462 e. The first-order valence-corrected chi connectivity index (χ1v) is 14.5. The second-order valence-corrected chi connectivity index (χ2v) is 12.4. The Hall–Kier alpha value is -3.03. The van der Waals surface area contributed by atoms with Gasteiger partial charge in [-0.3, -0.25) is 19.2 Å². The van der Waals surface area contributed by atoms with Gasteiger partial charge in [-0.25, -0.2) is 4.79 Å². The molecule has 0 radical (unpaired) electrons. The Bertz CT molecular complexity index is 1160. The first-order valence-electron chi connectivity index (χ1n) is 14.5. The first-order chi connectivity index (χ1) is 19.8. The number of fused-ring (bicyclic) bond motifs is 2. The molecule has 13 heteroatoms. The Morgan fingerprint density at radius 3 is 2.07 bits per heavy atom. The zero-order valence-electron chi connectivity index (χ0n) is 25.9. The van der Waals surface area contributed by atoms with Gasteiger partial charge in [-0.15, -0.1) is 0 Å². The number of rotatable bonds is 6. The summed E-state index contributed by atoms with van der Waals surface area (Å²) in [6, 6.07) is 0. The minimum atomic E-state index is -2.64. The van der Waals surface area contributed by atoms with Gasteiger partial charge in [0.25, 0.3) is 0 Å². The lowest BCUT2D eigenvalue weighted by molar-refractivity contribution is -0.272. The molecule has 1 heterocycles. The van der Waals surface area contributed by atoms with Crippen molar-refractivity contribution in [3.8, 4) is 0 Å². The molecule has 0 aromatic carbocycles. The molecule has 1 saturated carbocycles. The third-order valence-corrected chi connectivity index (χ3v) is 9.19. The van der Waals surface area contributed by atoms with Gasteiger partial charge in [-0.2, -0.15) is 0 Å². The fourth-order valence-electron chi connectivity index (χ4n) is 7.10. The zero-order valence-corrected chi connectivity index (χ0v) is 25.9. The van der Waals surface area contributed by atoms with E-state index in [2.05, 4.69) is 0 Å². The van der Waals surface area contributed by atoms with Crippen LogP contribution in [-0.2, 0) is 47.7 Å². The van der Waals surface area contributed by atoms with Gasteiger partial charge in [0.2, 0.25) is 0 Å². The van der Waals surface area contributed by atoms with Crippen molar-refractivity contribution >= 4 is 29.8 Å². The fourth-order valence-corrected chi connectivity index (χ4v) is 7.10. The molecule has 0 aromatic heterocycles. The number of hydrogen-bond acceptors (Lipinski definition) is 13. The molecule has 0 amide bonds. The largest absolute Gasteiger partial charge is 0.462 e. The van der Waals surface area contributed by atoms with Crippen molar-refractivity contribution in [1.29, 1.82) is 0 Å². The summed E-state index contributed by atoms with van der Waals surface area (Å²) < 4.78 is 28.8. The Morgan fingerprint density at radius 1 is 0.977 bits per heavy atom. The Balaban J connectivity index is 2.48. The van der Waals surface area contributed by atoms with Crippen LogP contribution >= 0.6 is 0 Å². The van der Waals surface area contributed by atoms with E-state index < -0.39 is 94.9 Å². The molecular weight excluding hydrogens is 568 g/mol. The second-order valence-electron chi connectivity index (χ2n) is 12.4. The smallest absolute Gasteiger partial charge is 0.341 e. The normalized spacial score (nSPS) is 41.0. The molecule has 242 valence electrons. The molecule has 2 aliphatic carbocycles. The standard InChI is InChI=1S/C30H44O13/c1-9-10-23(35)42-20-11-14(2)12-22-30(38,29(8,37)27(36)43-22)26(41-18(6)33)24-15(3)19(34)13-21(39-16(4)31)28(24,7)25(20)40-17(5)32/h12,15,19-22,24-26,34,37-38H,9-11,13H2,1-8H3. The average molecular weight is 613 g/mol. The maximum Gasteiger partial charge on any atom is 0.341 e. The molecule has 1 aliphatic heterocycles. The van der Waals surface area contributed by atoms with E-state index in [1.807, 2.05) is 0 Å². The molecule has 3 aliphatic rings. The second kappa shape index (κ2) is 12.5. The molecule has 2 fully saturated rings. The Kier molecular flexibility index (Phi) is 10.0. The molecule has 0 spiro atoms. The predicted molar refractivity (Wildman–Crippen MR) is 147 cm³/mol. The highest BCUT2D eigenvalue weighted by atomic mass is 16.6. The highest BCUT2D eigenvalue weighted by molar-refractivity contribution is 5.84. The summed E-state index contributed by atoms with van der Waals surface area (Å²) in [5.41, 5.74) is -6.51. The summed E-state index contributed by atoms with van der Waals surface area (Å²) in [6.45, 7) is 10.9. The van der Waals surface area contributed by atoms with Gasteiger partial charge >= 0.3 is 29.8 Å². The summed E-state index contributed by atoms with van der Waals surface area (Å²) >= 11 is 0. The highest BCUT2D eigenvalue weighted by Crippen LogP contribution is 2.57. The van der Waals surface area contributed by atoms with E-state index in [0.717, 1.165) is 27.7 Å². The van der Waals surface area contributed by atoms with Gasteiger partial charge in [0.1, 0.15) is 24.4 Å². The van der Waals surface area contributed by atoms with Crippen LogP contribution in [0.4, 0.5) is 0 Å². The minimum absolute atomic E-state index is 0.0492. The molecule has 3 N–H and O–H groups in total. The lowest BCUT2D eigenvalue weighted by atomic mass is 9.52. The topological polar surface area (TPSA) is 192 Å². The lowest BCUT2D eigenvalue weighted by Crippen LogP contribution is -2.73.